The van der Waals surface area contributed by atoms with Crippen LogP contribution in [0.2, 0.25) is 0 Å². The van der Waals surface area contributed by atoms with Crippen molar-refractivity contribution in [3.8, 4) is 0 Å². The highest BCUT2D eigenvalue weighted by molar-refractivity contribution is 5.46. The molecule has 8 heavy (non-hydrogen) atoms. The van der Waals surface area contributed by atoms with E-state index in [2.05, 4.69) is 5.32 Å². The molecule has 1 aliphatic rings. The molecule has 0 aromatic rings. The van der Waals surface area contributed by atoms with Gasteiger partial charge in [0, 0.05) is 0 Å². The van der Waals surface area contributed by atoms with Gasteiger partial charge in [0.25, 0.3) is 0 Å². The molecular formula is C4H7NO3. The monoisotopic (exact) mass is 117 g/mol. The van der Waals surface area contributed by atoms with Crippen molar-refractivity contribution in [2.75, 3.05) is 13.4 Å². The summed E-state index contributed by atoms with van der Waals surface area (Å²) in [5.74, 6) is 0. The molecule has 4 nitrogen and oxygen atoms in total. The minimum absolute atomic E-state index is 0.229. The van der Waals surface area contributed by atoms with Gasteiger partial charge in [-0.15, -0.1) is 0 Å². The highest BCUT2D eigenvalue weighted by Gasteiger charge is 2.13. The van der Waals surface area contributed by atoms with E-state index in [0.717, 1.165) is 0 Å². The molecule has 1 fully saturated rings. The maximum Gasteiger partial charge on any atom is 0.209 e. The van der Waals surface area contributed by atoms with Gasteiger partial charge in [-0.3, -0.25) is 4.79 Å². The van der Waals surface area contributed by atoms with E-state index in [0.29, 0.717) is 13.0 Å². The highest BCUT2D eigenvalue weighted by Crippen LogP contribution is 1.96. The normalized spacial score (nSPS) is 27.8. The van der Waals surface area contributed by atoms with Gasteiger partial charge in [-0.2, -0.15) is 0 Å². The van der Waals surface area contributed by atoms with Crippen LogP contribution >= 0.6 is 0 Å². The lowest BCUT2D eigenvalue weighted by atomic mass is 10.6. The number of carbonyl (C=O) groups excluding carboxylic acids is 1. The third kappa shape index (κ3) is 1.18. The third-order valence-electron chi connectivity index (χ3n) is 0.876. The number of hydrogen-bond acceptors (Lipinski definition) is 3. The highest BCUT2D eigenvalue weighted by atomic mass is 16.7. The largest absolute Gasteiger partial charge is 0.351 e. The van der Waals surface area contributed by atoms with Gasteiger partial charge < -0.3 is 14.8 Å². The Morgan fingerprint density at radius 3 is 3.12 bits per heavy atom. The summed E-state index contributed by atoms with van der Waals surface area (Å²) < 4.78 is 9.59. The molecule has 0 aliphatic carbocycles. The summed E-state index contributed by atoms with van der Waals surface area (Å²) in [5.41, 5.74) is 0. The molecule has 1 heterocycles. The molecule has 4 heteroatoms. The van der Waals surface area contributed by atoms with Crippen LogP contribution in [-0.4, -0.2) is 26.0 Å². The average molecular weight is 117 g/mol. The van der Waals surface area contributed by atoms with Gasteiger partial charge >= 0.3 is 0 Å². The predicted molar refractivity (Wildman–Crippen MR) is 24.9 cm³/mol. The Morgan fingerprint density at radius 1 is 1.75 bits per heavy atom. The van der Waals surface area contributed by atoms with Crippen LogP contribution in [-0.2, 0) is 14.3 Å². The number of amides is 1. The summed E-state index contributed by atoms with van der Waals surface area (Å²) in [5, 5.41) is 2.42. The Kier molecular flexibility index (Phi) is 1.82. The fraction of sp³-hybridized carbons (Fsp3) is 0.750. The Balaban J connectivity index is 2.14. The molecule has 0 saturated carbocycles. The van der Waals surface area contributed by atoms with Crippen LogP contribution in [0.5, 0.6) is 0 Å². The van der Waals surface area contributed by atoms with Gasteiger partial charge in [0.05, 0.1) is 6.61 Å². The zero-order valence-electron chi connectivity index (χ0n) is 4.29. The van der Waals surface area contributed by atoms with E-state index >= 15 is 0 Å². The van der Waals surface area contributed by atoms with Crippen molar-refractivity contribution < 1.29 is 14.3 Å². The lowest BCUT2D eigenvalue weighted by Crippen LogP contribution is -2.28. The fourth-order valence-corrected chi connectivity index (χ4v) is 0.506. The first-order valence-electron chi connectivity index (χ1n) is 2.32. The van der Waals surface area contributed by atoms with Crippen LogP contribution in [0.3, 0.4) is 0 Å². The van der Waals surface area contributed by atoms with E-state index in [4.69, 9.17) is 9.47 Å². The van der Waals surface area contributed by atoms with Gasteiger partial charge in [-0.25, -0.2) is 0 Å². The smallest absolute Gasteiger partial charge is 0.209 e. The number of nitrogens with one attached hydrogen (secondary N) is 1. The summed E-state index contributed by atoms with van der Waals surface area (Å²) in [7, 11) is 0. The molecule has 1 aliphatic heterocycles. The van der Waals surface area contributed by atoms with Gasteiger partial charge in [-0.1, -0.05) is 0 Å². The second-order valence-electron chi connectivity index (χ2n) is 1.43. The molecule has 1 amide bonds. The van der Waals surface area contributed by atoms with E-state index in [-0.39, 0.29) is 13.0 Å². The van der Waals surface area contributed by atoms with Crippen LogP contribution in [0.4, 0.5) is 0 Å². The molecule has 46 valence electrons. The van der Waals surface area contributed by atoms with Crippen molar-refractivity contribution in [3.05, 3.63) is 0 Å². The molecule has 1 saturated heterocycles. The van der Waals surface area contributed by atoms with Crippen LogP contribution in [0.15, 0.2) is 0 Å². The third-order valence-corrected chi connectivity index (χ3v) is 0.876. The first-order valence-corrected chi connectivity index (χ1v) is 2.32. The maximum absolute atomic E-state index is 9.71. The number of rotatable bonds is 2. The van der Waals surface area contributed by atoms with Crippen molar-refractivity contribution >= 4 is 6.41 Å². The summed E-state index contributed by atoms with van der Waals surface area (Å²) in [6.45, 7) is 0.740. The van der Waals surface area contributed by atoms with Crippen molar-refractivity contribution in [1.82, 2.24) is 5.32 Å². The van der Waals surface area contributed by atoms with Crippen LogP contribution in [0, 0.1) is 0 Å². The van der Waals surface area contributed by atoms with Gasteiger partial charge in [0.2, 0.25) is 6.41 Å². The second-order valence-corrected chi connectivity index (χ2v) is 1.43. The zero-order chi connectivity index (χ0) is 5.82. The Morgan fingerprint density at radius 2 is 2.62 bits per heavy atom. The first-order chi connectivity index (χ1) is 3.93. The molecule has 1 atom stereocenters. The van der Waals surface area contributed by atoms with Crippen LogP contribution in [0.1, 0.15) is 0 Å². The molecule has 0 spiro atoms. The molecule has 1 rings (SSSR count). The summed E-state index contributed by atoms with van der Waals surface area (Å²) in [6, 6.07) is 0. The molecule has 0 aromatic carbocycles. The van der Waals surface area contributed by atoms with Gasteiger partial charge in [0.15, 0.2) is 6.23 Å². The lowest BCUT2D eigenvalue weighted by molar-refractivity contribution is -0.112. The fourth-order valence-electron chi connectivity index (χ4n) is 0.506. The number of ether oxygens (including phenoxy) is 2. The Hall–Kier alpha value is -0.610. The Bertz CT molecular complexity index is 79.4. The van der Waals surface area contributed by atoms with Gasteiger partial charge in [-0.05, 0) is 0 Å². The summed E-state index contributed by atoms with van der Waals surface area (Å²) in [6.07, 6.45) is 0.367. The SMILES string of the molecule is O=CNC1COCO1. The molecule has 1 N–H and O–H groups in total. The van der Waals surface area contributed by atoms with Crippen LogP contribution in [0.25, 0.3) is 0 Å². The van der Waals surface area contributed by atoms with E-state index in [1.807, 2.05) is 0 Å². The molecule has 0 bridgehead atoms. The van der Waals surface area contributed by atoms with Crippen molar-refractivity contribution in [2.24, 2.45) is 0 Å². The number of hydrogen-bond donors (Lipinski definition) is 1. The standard InChI is InChI=1S/C4H7NO3/c6-2-5-4-1-7-3-8-4/h2,4H,1,3H2,(H,5,6). The van der Waals surface area contributed by atoms with E-state index in [9.17, 15) is 4.79 Å². The quantitative estimate of drug-likeness (QED) is 0.475. The summed E-state index contributed by atoms with van der Waals surface area (Å²) in [4.78, 5) is 9.71. The molecule has 0 aromatic heterocycles. The minimum Gasteiger partial charge on any atom is -0.351 e. The van der Waals surface area contributed by atoms with E-state index < -0.39 is 0 Å². The summed E-state index contributed by atoms with van der Waals surface area (Å²) >= 11 is 0. The zero-order valence-corrected chi connectivity index (χ0v) is 4.29. The first kappa shape index (κ1) is 5.53. The van der Waals surface area contributed by atoms with Crippen molar-refractivity contribution in [3.63, 3.8) is 0 Å². The van der Waals surface area contributed by atoms with E-state index in [1.165, 1.54) is 0 Å². The molecular weight excluding hydrogens is 110 g/mol. The molecule has 1 unspecified atom stereocenters. The molecule has 0 radical (unpaired) electrons. The van der Waals surface area contributed by atoms with E-state index in [1.54, 1.807) is 0 Å². The topological polar surface area (TPSA) is 47.6 Å². The second kappa shape index (κ2) is 2.64. The lowest BCUT2D eigenvalue weighted by Gasteiger charge is -2.01. The van der Waals surface area contributed by atoms with Crippen LogP contribution < -0.4 is 5.32 Å². The maximum atomic E-state index is 9.71. The van der Waals surface area contributed by atoms with Crippen molar-refractivity contribution in [2.45, 2.75) is 6.23 Å². The number of carbonyl (C=O) groups is 1. The van der Waals surface area contributed by atoms with Crippen molar-refractivity contribution in [1.29, 1.82) is 0 Å². The minimum atomic E-state index is -0.229. The average Bonchev–Trinajstić information content (AvgIpc) is 2.19. The van der Waals surface area contributed by atoms with Gasteiger partial charge in [0.1, 0.15) is 6.79 Å². The predicted octanol–water partition coefficient (Wildman–Crippen LogP) is -0.937. The Labute approximate surface area is 46.8 Å².